The van der Waals surface area contributed by atoms with E-state index >= 15 is 0 Å². The second kappa shape index (κ2) is 6.17. The maximum Gasteiger partial charge on any atom is 0.243 e. The molecule has 0 amide bonds. The van der Waals surface area contributed by atoms with Crippen molar-refractivity contribution in [2.24, 2.45) is 0 Å². The van der Waals surface area contributed by atoms with Gasteiger partial charge in [0.15, 0.2) is 0 Å². The standard InChI is InChI=1S/C19H22N4O3S/c1-26-16-4-6-17(7-5-16)27(24,25)23-14-8-15(23)11-22(10-14)19-9-18(13-2-3-13)20-12-21-19/h4-7,9,12-15H,2-3,8,10-11H2,1H3. The van der Waals surface area contributed by atoms with Crippen molar-refractivity contribution in [1.82, 2.24) is 14.3 Å². The molecule has 1 saturated carbocycles. The van der Waals surface area contributed by atoms with Crippen molar-refractivity contribution in [2.45, 2.75) is 42.2 Å². The molecule has 8 heteroatoms. The number of piperidine rings is 1. The van der Waals surface area contributed by atoms with Gasteiger partial charge in [0.25, 0.3) is 0 Å². The molecule has 4 heterocycles. The van der Waals surface area contributed by atoms with E-state index in [1.54, 1.807) is 42.0 Å². The van der Waals surface area contributed by atoms with Crippen molar-refractivity contribution in [3.63, 3.8) is 0 Å². The Morgan fingerprint density at radius 2 is 1.78 bits per heavy atom. The van der Waals surface area contributed by atoms with Crippen LogP contribution in [0.1, 0.15) is 30.9 Å². The van der Waals surface area contributed by atoms with Crippen LogP contribution in [0.5, 0.6) is 5.75 Å². The summed E-state index contributed by atoms with van der Waals surface area (Å²) >= 11 is 0. The van der Waals surface area contributed by atoms with E-state index in [9.17, 15) is 8.42 Å². The zero-order valence-electron chi connectivity index (χ0n) is 15.2. The molecule has 7 nitrogen and oxygen atoms in total. The Hall–Kier alpha value is -2.19. The summed E-state index contributed by atoms with van der Waals surface area (Å²) in [5.74, 6) is 2.15. The lowest BCUT2D eigenvalue weighted by Gasteiger charge is -2.55. The van der Waals surface area contributed by atoms with E-state index < -0.39 is 10.0 Å². The number of fused-ring (bicyclic) bond motifs is 2. The minimum atomic E-state index is -3.49. The summed E-state index contributed by atoms with van der Waals surface area (Å²) in [5.41, 5.74) is 1.11. The van der Waals surface area contributed by atoms with Gasteiger partial charge in [0.05, 0.1) is 12.0 Å². The topological polar surface area (TPSA) is 75.6 Å². The predicted molar refractivity (Wildman–Crippen MR) is 100 cm³/mol. The van der Waals surface area contributed by atoms with Crippen LogP contribution in [0.25, 0.3) is 0 Å². The summed E-state index contributed by atoms with van der Waals surface area (Å²) in [5, 5.41) is 0. The maximum atomic E-state index is 13.1. The number of hydrogen-bond acceptors (Lipinski definition) is 6. The number of nitrogens with zero attached hydrogens (tertiary/aromatic N) is 4. The minimum absolute atomic E-state index is 0.00445. The van der Waals surface area contributed by atoms with Crippen molar-refractivity contribution in [2.75, 3.05) is 25.1 Å². The van der Waals surface area contributed by atoms with E-state index in [4.69, 9.17) is 4.74 Å². The van der Waals surface area contributed by atoms with Gasteiger partial charge in [-0.15, -0.1) is 0 Å². The Bertz CT molecular complexity index is 947. The first-order chi connectivity index (χ1) is 13.1. The van der Waals surface area contributed by atoms with Gasteiger partial charge in [-0.05, 0) is 43.5 Å². The summed E-state index contributed by atoms with van der Waals surface area (Å²) < 4.78 is 32.9. The molecule has 0 N–H and O–H groups in total. The van der Waals surface area contributed by atoms with Crippen molar-refractivity contribution < 1.29 is 13.2 Å². The summed E-state index contributed by atoms with van der Waals surface area (Å²) in [6.45, 7) is 1.35. The highest BCUT2D eigenvalue weighted by molar-refractivity contribution is 7.89. The van der Waals surface area contributed by atoms with Gasteiger partial charge in [-0.2, -0.15) is 4.31 Å². The van der Waals surface area contributed by atoms with E-state index in [0.29, 0.717) is 29.7 Å². The quantitative estimate of drug-likeness (QED) is 0.783. The lowest BCUT2D eigenvalue weighted by atomic mass is 9.91. The highest BCUT2D eigenvalue weighted by Crippen LogP contribution is 2.41. The number of sulfonamides is 1. The SMILES string of the molecule is COc1ccc(S(=O)(=O)N2C3CC2CN(c2cc(C4CC4)ncn2)C3)cc1. The number of anilines is 1. The molecule has 1 aliphatic carbocycles. The molecule has 0 radical (unpaired) electrons. The minimum Gasteiger partial charge on any atom is -0.497 e. The fourth-order valence-corrected chi connectivity index (χ4v) is 5.98. The zero-order valence-corrected chi connectivity index (χ0v) is 16.0. The molecular weight excluding hydrogens is 364 g/mol. The van der Waals surface area contributed by atoms with Crippen molar-refractivity contribution in [3.8, 4) is 5.75 Å². The average Bonchev–Trinajstić information content (AvgIpc) is 3.53. The smallest absolute Gasteiger partial charge is 0.243 e. The molecule has 4 fully saturated rings. The molecule has 0 spiro atoms. The van der Waals surface area contributed by atoms with Gasteiger partial charge in [0.1, 0.15) is 17.9 Å². The van der Waals surface area contributed by atoms with Crippen molar-refractivity contribution in [3.05, 3.63) is 42.4 Å². The number of hydrogen-bond donors (Lipinski definition) is 0. The number of piperazine rings is 1. The molecule has 2 atom stereocenters. The third-order valence-corrected chi connectivity index (χ3v) is 7.77. The second-order valence-corrected chi connectivity index (χ2v) is 9.38. The van der Waals surface area contributed by atoms with Gasteiger partial charge >= 0.3 is 0 Å². The highest BCUT2D eigenvalue weighted by atomic mass is 32.2. The fourth-order valence-electron chi connectivity index (χ4n) is 4.16. The third kappa shape index (κ3) is 2.87. The Morgan fingerprint density at radius 3 is 2.41 bits per heavy atom. The number of methoxy groups -OCH3 is 1. The molecule has 3 saturated heterocycles. The fraction of sp³-hybridized carbons (Fsp3) is 0.474. The molecule has 142 valence electrons. The first-order valence-electron chi connectivity index (χ1n) is 9.31. The molecule has 2 bridgehead atoms. The number of ether oxygens (including phenoxy) is 1. The monoisotopic (exact) mass is 386 g/mol. The van der Waals surface area contributed by atoms with Crippen LogP contribution >= 0.6 is 0 Å². The molecule has 2 aromatic rings. The van der Waals surface area contributed by atoms with E-state index in [0.717, 1.165) is 17.9 Å². The first-order valence-corrected chi connectivity index (χ1v) is 10.7. The van der Waals surface area contributed by atoms with E-state index in [-0.39, 0.29) is 12.1 Å². The zero-order chi connectivity index (χ0) is 18.6. The first kappa shape index (κ1) is 16.9. The van der Waals surface area contributed by atoms with Crippen LogP contribution in [-0.4, -0.2) is 55.0 Å². The van der Waals surface area contributed by atoms with Gasteiger partial charge in [0, 0.05) is 42.9 Å². The second-order valence-electron chi connectivity index (χ2n) is 7.53. The van der Waals surface area contributed by atoms with Gasteiger partial charge in [0.2, 0.25) is 10.0 Å². The van der Waals surface area contributed by atoms with Gasteiger partial charge < -0.3 is 9.64 Å². The number of benzene rings is 1. The van der Waals surface area contributed by atoms with Crippen LogP contribution in [0.4, 0.5) is 5.82 Å². The lowest BCUT2D eigenvalue weighted by molar-refractivity contribution is 0.0874. The lowest BCUT2D eigenvalue weighted by Crippen LogP contribution is -2.70. The predicted octanol–water partition coefficient (Wildman–Crippen LogP) is 2.01. The normalized spacial score (nSPS) is 25.1. The Morgan fingerprint density at radius 1 is 1.07 bits per heavy atom. The molecule has 4 aliphatic rings. The summed E-state index contributed by atoms with van der Waals surface area (Å²) in [6, 6.07) is 8.68. The highest BCUT2D eigenvalue weighted by Gasteiger charge is 2.51. The molecule has 6 rings (SSSR count). The summed E-state index contributed by atoms with van der Waals surface area (Å²) in [6.07, 6.45) is 4.95. The summed E-state index contributed by atoms with van der Waals surface area (Å²) in [7, 11) is -1.92. The molecule has 1 aromatic heterocycles. The van der Waals surface area contributed by atoms with Crippen LogP contribution < -0.4 is 9.64 Å². The van der Waals surface area contributed by atoms with Crippen LogP contribution in [-0.2, 0) is 10.0 Å². The Kier molecular flexibility index (Phi) is 3.87. The van der Waals surface area contributed by atoms with Gasteiger partial charge in [-0.1, -0.05) is 0 Å². The molecule has 2 unspecified atom stereocenters. The number of aromatic nitrogens is 2. The van der Waals surface area contributed by atoms with Crippen LogP contribution in [0.15, 0.2) is 41.6 Å². The van der Waals surface area contributed by atoms with Gasteiger partial charge in [-0.3, -0.25) is 0 Å². The van der Waals surface area contributed by atoms with Crippen LogP contribution in [0.2, 0.25) is 0 Å². The Labute approximate surface area is 159 Å². The van der Waals surface area contributed by atoms with E-state index in [1.807, 2.05) is 0 Å². The van der Waals surface area contributed by atoms with Crippen LogP contribution in [0, 0.1) is 0 Å². The van der Waals surface area contributed by atoms with Crippen molar-refractivity contribution >= 4 is 15.8 Å². The van der Waals surface area contributed by atoms with Crippen LogP contribution in [0.3, 0.4) is 0 Å². The molecular formula is C19H22N4O3S. The third-order valence-electron chi connectivity index (χ3n) is 5.75. The number of rotatable bonds is 5. The van der Waals surface area contributed by atoms with E-state index in [2.05, 4.69) is 20.9 Å². The molecule has 1 aromatic carbocycles. The Balaban J connectivity index is 1.34. The van der Waals surface area contributed by atoms with E-state index in [1.165, 1.54) is 12.8 Å². The largest absolute Gasteiger partial charge is 0.497 e. The molecule has 3 aliphatic heterocycles. The van der Waals surface area contributed by atoms with Crippen molar-refractivity contribution in [1.29, 1.82) is 0 Å². The molecule has 27 heavy (non-hydrogen) atoms. The average molecular weight is 386 g/mol. The maximum absolute atomic E-state index is 13.1. The summed E-state index contributed by atoms with van der Waals surface area (Å²) in [4.78, 5) is 11.3. The van der Waals surface area contributed by atoms with Gasteiger partial charge in [-0.25, -0.2) is 18.4 Å².